The van der Waals surface area contributed by atoms with E-state index in [1.807, 2.05) is 82.6 Å². The van der Waals surface area contributed by atoms with Crippen LogP contribution in [0, 0.1) is 11.3 Å². The molecule has 42 heavy (non-hydrogen) atoms. The van der Waals surface area contributed by atoms with Gasteiger partial charge in [-0.3, -0.25) is 14.5 Å². The van der Waals surface area contributed by atoms with Crippen molar-refractivity contribution in [3.05, 3.63) is 114 Å². The van der Waals surface area contributed by atoms with Crippen molar-refractivity contribution in [1.29, 1.82) is 5.26 Å². The van der Waals surface area contributed by atoms with E-state index >= 15 is 0 Å². The Morgan fingerprint density at radius 2 is 1.19 bits per heavy atom. The molecule has 2 amide bonds. The van der Waals surface area contributed by atoms with Gasteiger partial charge in [-0.05, 0) is 43.2 Å². The molecule has 0 spiro atoms. The molecule has 3 aromatic carbocycles. The molecule has 0 atom stereocenters. The van der Waals surface area contributed by atoms with Gasteiger partial charge in [-0.2, -0.15) is 5.26 Å². The summed E-state index contributed by atoms with van der Waals surface area (Å²) in [6.07, 6.45) is 1.81. The van der Waals surface area contributed by atoms with E-state index in [0.29, 0.717) is 48.9 Å². The van der Waals surface area contributed by atoms with Crippen molar-refractivity contribution in [2.24, 2.45) is 0 Å². The van der Waals surface area contributed by atoms with Crippen LogP contribution in [0.1, 0.15) is 39.1 Å². The minimum Gasteiger partial charge on any atom is -0.339 e. The summed E-state index contributed by atoms with van der Waals surface area (Å²) in [5.74, 6) is 0.0227. The van der Waals surface area contributed by atoms with Crippen molar-refractivity contribution in [3.63, 3.8) is 0 Å². The van der Waals surface area contributed by atoms with E-state index in [2.05, 4.69) is 11.0 Å². The van der Waals surface area contributed by atoms with E-state index in [4.69, 9.17) is 10.2 Å². The fourth-order valence-electron chi connectivity index (χ4n) is 5.98. The molecule has 0 radical (unpaired) electrons. The maximum absolute atomic E-state index is 13.8. The minimum atomic E-state index is -0.0111. The number of likely N-dealkylation sites (tertiary alicyclic amines) is 1. The van der Waals surface area contributed by atoms with Gasteiger partial charge in [0.1, 0.15) is 0 Å². The largest absolute Gasteiger partial charge is 0.339 e. The number of piperidine rings is 1. The highest BCUT2D eigenvalue weighted by molar-refractivity contribution is 5.96. The van der Waals surface area contributed by atoms with E-state index < -0.39 is 0 Å². The lowest BCUT2D eigenvalue weighted by molar-refractivity contribution is 0.0412. The Kier molecular flexibility index (Phi) is 8.07. The Balaban J connectivity index is 1.10. The van der Waals surface area contributed by atoms with Crippen LogP contribution in [0.15, 0.2) is 97.1 Å². The smallest absolute Gasteiger partial charge is 0.254 e. The molecule has 7 nitrogen and oxygen atoms in total. The predicted molar refractivity (Wildman–Crippen MR) is 163 cm³/mol. The zero-order chi connectivity index (χ0) is 28.9. The van der Waals surface area contributed by atoms with Crippen LogP contribution in [-0.2, 0) is 0 Å². The number of carbonyl (C=O) groups excluding carboxylic acids is 2. The monoisotopic (exact) mass is 555 g/mol. The molecule has 2 aliphatic rings. The second-order valence-electron chi connectivity index (χ2n) is 10.9. The summed E-state index contributed by atoms with van der Waals surface area (Å²) in [4.78, 5) is 38.0. The van der Waals surface area contributed by atoms with Gasteiger partial charge in [0.15, 0.2) is 0 Å². The quantitative estimate of drug-likeness (QED) is 0.332. The van der Waals surface area contributed by atoms with Crippen molar-refractivity contribution in [2.45, 2.75) is 18.9 Å². The van der Waals surface area contributed by atoms with Gasteiger partial charge < -0.3 is 9.80 Å². The van der Waals surface area contributed by atoms with E-state index in [9.17, 15) is 9.59 Å². The second-order valence-corrected chi connectivity index (χ2v) is 10.9. The molecular weight excluding hydrogens is 522 g/mol. The molecule has 1 aromatic heterocycles. The first-order valence-electron chi connectivity index (χ1n) is 14.5. The van der Waals surface area contributed by atoms with Crippen LogP contribution in [0.2, 0.25) is 0 Å². The van der Waals surface area contributed by atoms with Crippen LogP contribution < -0.4 is 0 Å². The summed E-state index contributed by atoms with van der Waals surface area (Å²) in [6.45, 7) is 4.36. The number of rotatable bonds is 5. The highest BCUT2D eigenvalue weighted by Gasteiger charge is 2.31. The Labute approximate surface area is 246 Å². The lowest BCUT2D eigenvalue weighted by Crippen LogP contribution is -2.54. The fourth-order valence-corrected chi connectivity index (χ4v) is 5.98. The van der Waals surface area contributed by atoms with Gasteiger partial charge in [-0.1, -0.05) is 66.7 Å². The number of pyridine rings is 1. The lowest BCUT2D eigenvalue weighted by atomic mass is 10.0. The summed E-state index contributed by atoms with van der Waals surface area (Å²) in [5.41, 5.74) is 5.28. The standard InChI is InChI=1S/C35H33N5O2/c36-25-26-8-7-13-29(22-26)34(41)39-16-14-31(15-17-39)38-18-20-40(21-19-38)35(42)30-23-32(27-9-3-1-4-10-27)37-33(24-30)28-11-5-2-6-12-28/h1-13,22-24,31H,14-21H2. The second kappa shape index (κ2) is 12.4. The van der Waals surface area contributed by atoms with E-state index in [1.54, 1.807) is 24.3 Å². The summed E-state index contributed by atoms with van der Waals surface area (Å²) in [7, 11) is 0. The summed E-state index contributed by atoms with van der Waals surface area (Å²) >= 11 is 0. The van der Waals surface area contributed by atoms with Gasteiger partial charge in [0.2, 0.25) is 0 Å². The molecule has 0 bridgehead atoms. The highest BCUT2D eigenvalue weighted by Crippen LogP contribution is 2.26. The van der Waals surface area contributed by atoms with E-state index in [0.717, 1.165) is 48.4 Å². The van der Waals surface area contributed by atoms with Crippen LogP contribution in [0.4, 0.5) is 0 Å². The molecule has 2 aliphatic heterocycles. The highest BCUT2D eigenvalue weighted by atomic mass is 16.2. The Morgan fingerprint density at radius 1 is 0.643 bits per heavy atom. The van der Waals surface area contributed by atoms with E-state index in [-0.39, 0.29) is 11.8 Å². The fraction of sp³-hybridized carbons (Fsp3) is 0.257. The first-order chi connectivity index (χ1) is 20.6. The average Bonchev–Trinajstić information content (AvgIpc) is 3.08. The molecule has 7 heteroatoms. The minimum absolute atomic E-state index is 0.0111. The zero-order valence-corrected chi connectivity index (χ0v) is 23.5. The SMILES string of the molecule is N#Cc1cccc(C(=O)N2CCC(N3CCN(C(=O)c4cc(-c5ccccc5)nc(-c5ccccc5)c4)CC3)CC2)c1. The molecule has 0 aliphatic carbocycles. The first kappa shape index (κ1) is 27.4. The van der Waals surface area contributed by atoms with Crippen molar-refractivity contribution < 1.29 is 9.59 Å². The van der Waals surface area contributed by atoms with Gasteiger partial charge >= 0.3 is 0 Å². The normalized spacial score (nSPS) is 16.2. The topological polar surface area (TPSA) is 80.5 Å². The summed E-state index contributed by atoms with van der Waals surface area (Å²) in [5, 5.41) is 9.16. The molecule has 2 saturated heterocycles. The van der Waals surface area contributed by atoms with Gasteiger partial charge in [-0.15, -0.1) is 0 Å². The Hall–Kier alpha value is -4.80. The molecular formula is C35H33N5O2. The first-order valence-corrected chi connectivity index (χ1v) is 14.5. The predicted octanol–water partition coefficient (Wildman–Crippen LogP) is 5.35. The summed E-state index contributed by atoms with van der Waals surface area (Å²) in [6, 6.07) is 33.2. The van der Waals surface area contributed by atoms with Gasteiger partial charge in [-0.25, -0.2) is 4.98 Å². The molecule has 0 saturated carbocycles. The van der Waals surface area contributed by atoms with Crippen molar-refractivity contribution in [2.75, 3.05) is 39.3 Å². The molecule has 4 aromatic rings. The molecule has 2 fully saturated rings. The number of nitriles is 1. The zero-order valence-electron chi connectivity index (χ0n) is 23.5. The van der Waals surface area contributed by atoms with Gasteiger partial charge in [0, 0.05) is 67.6 Å². The van der Waals surface area contributed by atoms with Crippen LogP contribution in [0.3, 0.4) is 0 Å². The number of aromatic nitrogens is 1. The van der Waals surface area contributed by atoms with Crippen LogP contribution >= 0.6 is 0 Å². The van der Waals surface area contributed by atoms with Crippen molar-refractivity contribution in [1.82, 2.24) is 19.7 Å². The maximum atomic E-state index is 13.8. The van der Waals surface area contributed by atoms with Crippen molar-refractivity contribution in [3.8, 4) is 28.6 Å². The third kappa shape index (κ3) is 5.95. The number of hydrogen-bond donors (Lipinski definition) is 0. The molecule has 0 N–H and O–H groups in total. The molecule has 210 valence electrons. The molecule has 0 unspecified atom stereocenters. The third-order valence-electron chi connectivity index (χ3n) is 8.32. The molecule has 3 heterocycles. The summed E-state index contributed by atoms with van der Waals surface area (Å²) < 4.78 is 0. The van der Waals surface area contributed by atoms with Crippen LogP contribution in [0.5, 0.6) is 0 Å². The van der Waals surface area contributed by atoms with Gasteiger partial charge in [0.05, 0.1) is 23.0 Å². The lowest BCUT2D eigenvalue weighted by Gasteiger charge is -2.42. The van der Waals surface area contributed by atoms with Crippen LogP contribution in [-0.4, -0.2) is 76.8 Å². The Morgan fingerprint density at radius 3 is 1.76 bits per heavy atom. The Bertz CT molecular complexity index is 1540. The third-order valence-corrected chi connectivity index (χ3v) is 8.32. The number of hydrogen-bond acceptors (Lipinski definition) is 5. The number of benzene rings is 3. The van der Waals surface area contributed by atoms with Crippen molar-refractivity contribution >= 4 is 11.8 Å². The van der Waals surface area contributed by atoms with Gasteiger partial charge in [0.25, 0.3) is 11.8 Å². The molecule has 6 rings (SSSR count). The number of piperazine rings is 1. The number of amides is 2. The van der Waals surface area contributed by atoms with E-state index in [1.165, 1.54) is 0 Å². The average molecular weight is 556 g/mol. The maximum Gasteiger partial charge on any atom is 0.254 e. The number of carbonyl (C=O) groups is 2. The van der Waals surface area contributed by atoms with Crippen LogP contribution in [0.25, 0.3) is 22.5 Å². The number of nitrogens with zero attached hydrogens (tertiary/aromatic N) is 5.